The summed E-state index contributed by atoms with van der Waals surface area (Å²) >= 11 is 0. The van der Waals surface area contributed by atoms with Crippen molar-refractivity contribution in [3.8, 4) is 74.0 Å². The van der Waals surface area contributed by atoms with Gasteiger partial charge in [-0.2, -0.15) is 0 Å². The van der Waals surface area contributed by atoms with E-state index in [-0.39, 0.29) is 0 Å². The van der Waals surface area contributed by atoms with Crippen LogP contribution in [0.1, 0.15) is 0 Å². The molecule has 272 valence electrons. The Bertz CT molecular complexity index is 3410. The summed E-state index contributed by atoms with van der Waals surface area (Å²) < 4.78 is 21.1. The van der Waals surface area contributed by atoms with Crippen LogP contribution in [0, 0.1) is 0 Å². The van der Waals surface area contributed by atoms with Gasteiger partial charge in [0.2, 0.25) is 0 Å². The van der Waals surface area contributed by atoms with E-state index in [1.54, 1.807) is 0 Å². The van der Waals surface area contributed by atoms with E-state index in [1.165, 1.54) is 5.39 Å². The standard InChI is InChI=1S/C51H30N4O3/c1-3-11-31(12-4-1)49-52-50(34-21-25-42-40(27-34)37-15-7-8-16-41(37)55(42)36-13-5-2-6-14-36)54-51(53-49)35-20-24-39-38-23-19-32(28-46(38)58-47(39)30-35)33-22-26-45-48(29-33)57-44-18-10-9-17-43(44)56-45/h1-30H. The number of furan rings is 1. The number of hydrogen-bond acceptors (Lipinski definition) is 6. The molecule has 1 aliphatic rings. The third-order valence-corrected chi connectivity index (χ3v) is 10.9. The third-order valence-electron chi connectivity index (χ3n) is 10.9. The second-order valence-electron chi connectivity index (χ2n) is 14.4. The maximum absolute atomic E-state index is 6.56. The van der Waals surface area contributed by atoms with Crippen molar-refractivity contribution in [3.05, 3.63) is 182 Å². The lowest BCUT2D eigenvalue weighted by Gasteiger charge is -2.20. The van der Waals surface area contributed by atoms with Gasteiger partial charge in [-0.15, -0.1) is 0 Å². The van der Waals surface area contributed by atoms with Crippen molar-refractivity contribution in [2.24, 2.45) is 0 Å². The van der Waals surface area contributed by atoms with Gasteiger partial charge in [-0.05, 0) is 96.1 Å². The van der Waals surface area contributed by atoms with E-state index in [4.69, 9.17) is 28.8 Å². The fourth-order valence-electron chi connectivity index (χ4n) is 8.12. The van der Waals surface area contributed by atoms with E-state index in [2.05, 4.69) is 102 Å². The summed E-state index contributed by atoms with van der Waals surface area (Å²) in [6.07, 6.45) is 0. The molecular weight excluding hydrogens is 717 g/mol. The molecule has 0 bridgehead atoms. The summed E-state index contributed by atoms with van der Waals surface area (Å²) in [6.45, 7) is 0. The summed E-state index contributed by atoms with van der Waals surface area (Å²) in [7, 11) is 0. The van der Waals surface area contributed by atoms with Crippen LogP contribution in [0.15, 0.2) is 186 Å². The normalized spacial score (nSPS) is 12.1. The van der Waals surface area contributed by atoms with Crippen LogP contribution in [-0.2, 0) is 0 Å². The maximum atomic E-state index is 6.56. The predicted octanol–water partition coefficient (Wildman–Crippen LogP) is 13.4. The van der Waals surface area contributed by atoms with Crippen molar-refractivity contribution in [1.82, 2.24) is 19.5 Å². The summed E-state index contributed by atoms with van der Waals surface area (Å²) in [5.41, 5.74) is 9.58. The molecule has 7 nitrogen and oxygen atoms in total. The molecule has 0 amide bonds. The third kappa shape index (κ3) is 5.25. The largest absolute Gasteiger partial charge is 0.456 e. The van der Waals surface area contributed by atoms with Crippen molar-refractivity contribution in [2.75, 3.05) is 0 Å². The van der Waals surface area contributed by atoms with Crippen LogP contribution in [0.2, 0.25) is 0 Å². The monoisotopic (exact) mass is 746 g/mol. The van der Waals surface area contributed by atoms with Crippen molar-refractivity contribution < 1.29 is 13.9 Å². The van der Waals surface area contributed by atoms with Gasteiger partial charge in [-0.1, -0.05) is 97.1 Å². The number of fused-ring (bicyclic) bond motifs is 8. The molecule has 1 aliphatic heterocycles. The Morgan fingerprint density at radius 3 is 1.60 bits per heavy atom. The zero-order valence-corrected chi connectivity index (χ0v) is 30.8. The van der Waals surface area contributed by atoms with Gasteiger partial charge in [-0.3, -0.25) is 0 Å². The fourth-order valence-corrected chi connectivity index (χ4v) is 8.12. The van der Waals surface area contributed by atoms with Crippen LogP contribution in [0.4, 0.5) is 0 Å². The van der Waals surface area contributed by atoms with E-state index in [1.807, 2.05) is 84.9 Å². The molecule has 0 N–H and O–H groups in total. The minimum Gasteiger partial charge on any atom is -0.456 e. The van der Waals surface area contributed by atoms with Gasteiger partial charge in [0.1, 0.15) is 11.2 Å². The van der Waals surface area contributed by atoms with E-state index in [0.29, 0.717) is 40.5 Å². The number of benzene rings is 8. The highest BCUT2D eigenvalue weighted by Gasteiger charge is 2.21. The highest BCUT2D eigenvalue weighted by molar-refractivity contribution is 6.10. The average Bonchev–Trinajstić information content (AvgIpc) is 3.83. The second kappa shape index (κ2) is 12.8. The van der Waals surface area contributed by atoms with Crippen molar-refractivity contribution in [2.45, 2.75) is 0 Å². The molecule has 4 heterocycles. The predicted molar refractivity (Wildman–Crippen MR) is 230 cm³/mol. The molecule has 0 aliphatic carbocycles. The maximum Gasteiger partial charge on any atom is 0.170 e. The molecule has 58 heavy (non-hydrogen) atoms. The number of hydrogen-bond donors (Lipinski definition) is 0. The van der Waals surface area contributed by atoms with Crippen LogP contribution in [-0.4, -0.2) is 19.5 Å². The fraction of sp³-hybridized carbons (Fsp3) is 0. The Morgan fingerprint density at radius 2 is 0.845 bits per heavy atom. The Morgan fingerprint density at radius 1 is 0.328 bits per heavy atom. The van der Waals surface area contributed by atoms with Gasteiger partial charge in [0.15, 0.2) is 40.5 Å². The van der Waals surface area contributed by atoms with Crippen LogP contribution >= 0.6 is 0 Å². The minimum atomic E-state index is 0.566. The molecule has 0 saturated heterocycles. The molecule has 0 fully saturated rings. The lowest BCUT2D eigenvalue weighted by molar-refractivity contribution is 0.360. The van der Waals surface area contributed by atoms with Crippen LogP contribution in [0.25, 0.3) is 94.7 Å². The van der Waals surface area contributed by atoms with Gasteiger partial charge in [0, 0.05) is 43.9 Å². The molecule has 0 atom stereocenters. The average molecular weight is 747 g/mol. The second-order valence-corrected chi connectivity index (χ2v) is 14.4. The van der Waals surface area contributed by atoms with Crippen LogP contribution in [0.5, 0.6) is 23.0 Å². The van der Waals surface area contributed by atoms with E-state index >= 15 is 0 Å². The van der Waals surface area contributed by atoms with Crippen molar-refractivity contribution in [3.63, 3.8) is 0 Å². The number of rotatable bonds is 5. The molecule has 0 radical (unpaired) electrons. The number of aromatic nitrogens is 4. The zero-order chi connectivity index (χ0) is 38.2. The Labute approximate surface area is 332 Å². The van der Waals surface area contributed by atoms with Crippen molar-refractivity contribution >= 4 is 43.7 Å². The van der Waals surface area contributed by atoms with Crippen LogP contribution < -0.4 is 9.47 Å². The molecule has 8 aromatic carbocycles. The molecule has 12 rings (SSSR count). The molecular formula is C51H30N4O3. The molecule has 11 aromatic rings. The zero-order valence-electron chi connectivity index (χ0n) is 30.8. The van der Waals surface area contributed by atoms with Gasteiger partial charge in [0.25, 0.3) is 0 Å². The first-order valence-corrected chi connectivity index (χ1v) is 19.2. The molecule has 0 unspecified atom stereocenters. The van der Waals surface area contributed by atoms with E-state index < -0.39 is 0 Å². The van der Waals surface area contributed by atoms with Gasteiger partial charge in [-0.25, -0.2) is 15.0 Å². The molecule has 0 spiro atoms. The first kappa shape index (κ1) is 32.2. The van der Waals surface area contributed by atoms with E-state index in [9.17, 15) is 0 Å². The Balaban J connectivity index is 0.951. The van der Waals surface area contributed by atoms with Gasteiger partial charge >= 0.3 is 0 Å². The molecule has 3 aromatic heterocycles. The smallest absolute Gasteiger partial charge is 0.170 e. The number of para-hydroxylation sites is 4. The first-order valence-electron chi connectivity index (χ1n) is 19.2. The summed E-state index contributed by atoms with van der Waals surface area (Å²) in [6, 6.07) is 61.7. The SMILES string of the molecule is c1ccc(-c2nc(-c3ccc4c(c3)oc3cc(-c5ccc6c(c5)Oc5ccccc5O6)ccc34)nc(-c3ccc4c(c3)c3ccccc3n4-c3ccccc3)n2)cc1. The summed E-state index contributed by atoms with van der Waals surface area (Å²) in [5, 5.41) is 4.34. The molecule has 0 saturated carbocycles. The summed E-state index contributed by atoms with van der Waals surface area (Å²) in [5.74, 6) is 4.54. The Hall–Kier alpha value is -8.03. The lowest BCUT2D eigenvalue weighted by atomic mass is 10.0. The van der Waals surface area contributed by atoms with Gasteiger partial charge < -0.3 is 18.5 Å². The van der Waals surface area contributed by atoms with E-state index in [0.717, 1.165) is 71.9 Å². The highest BCUT2D eigenvalue weighted by Crippen LogP contribution is 2.47. The molecule has 7 heteroatoms. The quantitative estimate of drug-likeness (QED) is 0.175. The highest BCUT2D eigenvalue weighted by atomic mass is 16.6. The number of nitrogens with zero attached hydrogens (tertiary/aromatic N) is 4. The minimum absolute atomic E-state index is 0.566. The van der Waals surface area contributed by atoms with Crippen molar-refractivity contribution in [1.29, 1.82) is 0 Å². The lowest BCUT2D eigenvalue weighted by Crippen LogP contribution is -2.00. The Kier molecular flexibility index (Phi) is 7.09. The topological polar surface area (TPSA) is 75.2 Å². The first-order chi connectivity index (χ1) is 28.7. The van der Waals surface area contributed by atoms with Crippen LogP contribution in [0.3, 0.4) is 0 Å². The van der Waals surface area contributed by atoms with Gasteiger partial charge in [0.05, 0.1) is 11.0 Å². The summed E-state index contributed by atoms with van der Waals surface area (Å²) in [4.78, 5) is 15.2. The number of ether oxygens (including phenoxy) is 2.